The Hall–Kier alpha value is -1.29. The van der Waals surface area contributed by atoms with Gasteiger partial charge >= 0.3 is 5.97 Å². The van der Waals surface area contributed by atoms with Gasteiger partial charge in [0.25, 0.3) is 0 Å². The van der Waals surface area contributed by atoms with Gasteiger partial charge in [-0.3, -0.25) is 0 Å². The van der Waals surface area contributed by atoms with E-state index in [1.165, 1.54) is 32.8 Å². The number of nitrogens with one attached hydrogen (secondary N) is 1. The quantitative estimate of drug-likeness (QED) is 0.802. The molecule has 1 N–H and O–H groups in total. The van der Waals surface area contributed by atoms with Crippen molar-refractivity contribution in [2.45, 2.75) is 45.1 Å². The molecule has 0 saturated heterocycles. The summed E-state index contributed by atoms with van der Waals surface area (Å²) in [5.74, 6) is 1.36. The van der Waals surface area contributed by atoms with Gasteiger partial charge in [-0.25, -0.2) is 4.79 Å². The van der Waals surface area contributed by atoms with Crippen molar-refractivity contribution in [2.24, 2.45) is 5.92 Å². The molecule has 0 radical (unpaired) electrons. The van der Waals surface area contributed by atoms with E-state index in [1.807, 2.05) is 6.07 Å². The molecule has 1 atom stereocenters. The van der Waals surface area contributed by atoms with Crippen molar-refractivity contribution in [3.05, 3.63) is 23.7 Å². The van der Waals surface area contributed by atoms with E-state index in [9.17, 15) is 4.79 Å². The first-order valence-corrected chi connectivity index (χ1v) is 7.17. The number of methoxy groups -OCH3 is 1. The zero-order valence-corrected chi connectivity index (χ0v) is 11.8. The largest absolute Gasteiger partial charge is 0.463 e. The minimum Gasteiger partial charge on any atom is -0.463 e. The van der Waals surface area contributed by atoms with Crippen molar-refractivity contribution < 1.29 is 13.9 Å². The average Bonchev–Trinajstić information content (AvgIpc) is 3.09. The molecule has 2 rings (SSSR count). The van der Waals surface area contributed by atoms with Crippen LogP contribution in [0.4, 0.5) is 0 Å². The fourth-order valence-corrected chi connectivity index (χ4v) is 2.82. The van der Waals surface area contributed by atoms with Crippen LogP contribution < -0.4 is 5.32 Å². The molecule has 19 heavy (non-hydrogen) atoms. The second-order valence-corrected chi connectivity index (χ2v) is 5.17. The first-order chi connectivity index (χ1) is 9.26. The van der Waals surface area contributed by atoms with Crippen molar-refractivity contribution in [1.82, 2.24) is 5.32 Å². The number of ether oxygens (including phenoxy) is 1. The third-order valence-electron chi connectivity index (χ3n) is 3.81. The van der Waals surface area contributed by atoms with Crippen LogP contribution in [-0.4, -0.2) is 19.6 Å². The Labute approximate surface area is 114 Å². The van der Waals surface area contributed by atoms with Crippen LogP contribution in [0.3, 0.4) is 0 Å². The van der Waals surface area contributed by atoms with E-state index in [1.54, 1.807) is 6.07 Å². The van der Waals surface area contributed by atoms with Gasteiger partial charge in [0, 0.05) is 0 Å². The summed E-state index contributed by atoms with van der Waals surface area (Å²) in [6.07, 6.45) is 6.14. The van der Waals surface area contributed by atoms with E-state index < -0.39 is 5.97 Å². The van der Waals surface area contributed by atoms with Crippen LogP contribution in [0.2, 0.25) is 0 Å². The van der Waals surface area contributed by atoms with E-state index >= 15 is 0 Å². The van der Waals surface area contributed by atoms with Gasteiger partial charge in [-0.1, -0.05) is 19.8 Å². The smallest absolute Gasteiger partial charge is 0.373 e. The maximum absolute atomic E-state index is 11.4. The molecule has 0 aromatic carbocycles. The Morgan fingerprint density at radius 2 is 2.21 bits per heavy atom. The molecule has 0 spiro atoms. The molecule has 1 aliphatic carbocycles. The molecule has 1 saturated carbocycles. The zero-order chi connectivity index (χ0) is 13.7. The lowest BCUT2D eigenvalue weighted by Gasteiger charge is -2.22. The van der Waals surface area contributed by atoms with Gasteiger partial charge in [-0.15, -0.1) is 0 Å². The third-order valence-corrected chi connectivity index (χ3v) is 3.81. The van der Waals surface area contributed by atoms with Crippen molar-refractivity contribution in [2.75, 3.05) is 13.7 Å². The lowest BCUT2D eigenvalue weighted by molar-refractivity contribution is 0.0561. The van der Waals surface area contributed by atoms with Crippen LogP contribution in [0.15, 0.2) is 16.5 Å². The van der Waals surface area contributed by atoms with Crippen LogP contribution in [0.25, 0.3) is 0 Å². The summed E-state index contributed by atoms with van der Waals surface area (Å²) in [5, 5.41) is 3.55. The maximum atomic E-state index is 11.4. The zero-order valence-electron chi connectivity index (χ0n) is 11.8. The normalized spacial score (nSPS) is 17.6. The summed E-state index contributed by atoms with van der Waals surface area (Å²) in [7, 11) is 1.37. The third kappa shape index (κ3) is 3.38. The first-order valence-electron chi connectivity index (χ1n) is 7.17. The Balaban J connectivity index is 2.12. The SMILES string of the molecule is CCCNC(c1ccc(C(=O)OC)o1)C1CCCC1. The lowest BCUT2D eigenvalue weighted by atomic mass is 9.96. The molecule has 1 unspecified atom stereocenters. The molecular weight excluding hydrogens is 242 g/mol. The number of carbonyl (C=O) groups excluding carboxylic acids is 1. The van der Waals surface area contributed by atoms with Crippen molar-refractivity contribution in [3.63, 3.8) is 0 Å². The fourth-order valence-electron chi connectivity index (χ4n) is 2.82. The van der Waals surface area contributed by atoms with E-state index in [0.29, 0.717) is 11.7 Å². The molecule has 1 fully saturated rings. The number of hydrogen-bond acceptors (Lipinski definition) is 4. The van der Waals surface area contributed by atoms with Crippen LogP contribution in [-0.2, 0) is 4.74 Å². The molecule has 0 amide bonds. The highest BCUT2D eigenvalue weighted by atomic mass is 16.5. The number of hydrogen-bond donors (Lipinski definition) is 1. The van der Waals surface area contributed by atoms with Gasteiger partial charge in [0.1, 0.15) is 5.76 Å². The lowest BCUT2D eigenvalue weighted by Crippen LogP contribution is -2.27. The fraction of sp³-hybridized carbons (Fsp3) is 0.667. The monoisotopic (exact) mass is 265 g/mol. The predicted octanol–water partition coefficient (Wildman–Crippen LogP) is 3.30. The summed E-state index contributed by atoms with van der Waals surface area (Å²) in [6, 6.07) is 3.83. The molecule has 106 valence electrons. The van der Waals surface area contributed by atoms with Crippen molar-refractivity contribution >= 4 is 5.97 Å². The predicted molar refractivity (Wildman–Crippen MR) is 73.0 cm³/mol. The summed E-state index contributed by atoms with van der Waals surface area (Å²) in [4.78, 5) is 11.4. The van der Waals surface area contributed by atoms with Crippen LogP contribution >= 0.6 is 0 Å². The first kappa shape index (κ1) is 14.1. The Morgan fingerprint density at radius 3 is 2.84 bits per heavy atom. The van der Waals surface area contributed by atoms with E-state index in [4.69, 9.17) is 4.42 Å². The molecular formula is C15H23NO3. The maximum Gasteiger partial charge on any atom is 0.373 e. The molecule has 1 aromatic rings. The molecule has 0 aliphatic heterocycles. The van der Waals surface area contributed by atoms with E-state index in [2.05, 4.69) is 17.0 Å². The topological polar surface area (TPSA) is 51.5 Å². The molecule has 1 aromatic heterocycles. The second kappa shape index (κ2) is 6.75. The highest BCUT2D eigenvalue weighted by Gasteiger charge is 2.28. The van der Waals surface area contributed by atoms with Gasteiger partial charge in [0.2, 0.25) is 5.76 Å². The van der Waals surface area contributed by atoms with Crippen molar-refractivity contribution in [3.8, 4) is 0 Å². The van der Waals surface area contributed by atoms with Gasteiger partial charge in [0.15, 0.2) is 0 Å². The number of carbonyl (C=O) groups is 1. The molecule has 1 heterocycles. The number of esters is 1. The Bertz CT molecular complexity index is 407. The second-order valence-electron chi connectivity index (χ2n) is 5.17. The van der Waals surface area contributed by atoms with Gasteiger partial charge in [0.05, 0.1) is 13.2 Å². The molecule has 4 heteroatoms. The van der Waals surface area contributed by atoms with Crippen molar-refractivity contribution in [1.29, 1.82) is 0 Å². The average molecular weight is 265 g/mol. The number of furan rings is 1. The molecule has 1 aliphatic rings. The van der Waals surface area contributed by atoms with Gasteiger partial charge in [-0.05, 0) is 43.9 Å². The van der Waals surface area contributed by atoms with Gasteiger partial charge < -0.3 is 14.5 Å². The Kier molecular flexibility index (Phi) is 5.02. The van der Waals surface area contributed by atoms with Crippen LogP contribution in [0.5, 0.6) is 0 Å². The highest BCUT2D eigenvalue weighted by molar-refractivity contribution is 5.86. The van der Waals surface area contributed by atoms with Crippen LogP contribution in [0.1, 0.15) is 61.4 Å². The molecule has 0 bridgehead atoms. The van der Waals surface area contributed by atoms with E-state index in [-0.39, 0.29) is 6.04 Å². The standard InChI is InChI=1S/C15H23NO3/c1-3-10-16-14(11-6-4-5-7-11)12-8-9-13(19-12)15(17)18-2/h8-9,11,14,16H,3-7,10H2,1-2H3. The Morgan fingerprint density at radius 1 is 1.47 bits per heavy atom. The minimum absolute atomic E-state index is 0.223. The molecule has 4 nitrogen and oxygen atoms in total. The minimum atomic E-state index is -0.410. The summed E-state index contributed by atoms with van der Waals surface area (Å²) < 4.78 is 10.4. The summed E-state index contributed by atoms with van der Waals surface area (Å²) in [6.45, 7) is 3.12. The van der Waals surface area contributed by atoms with Crippen LogP contribution in [0, 0.1) is 5.92 Å². The van der Waals surface area contributed by atoms with E-state index in [0.717, 1.165) is 18.7 Å². The summed E-state index contributed by atoms with van der Waals surface area (Å²) >= 11 is 0. The highest BCUT2D eigenvalue weighted by Crippen LogP contribution is 2.36. The number of rotatable bonds is 6. The summed E-state index contributed by atoms with van der Waals surface area (Å²) in [5.41, 5.74) is 0. The van der Waals surface area contributed by atoms with Gasteiger partial charge in [-0.2, -0.15) is 0 Å².